The maximum Gasteiger partial charge on any atom is 0.255 e. The molecule has 1 aromatic heterocycles. The first-order chi connectivity index (χ1) is 11.6. The highest BCUT2D eigenvalue weighted by atomic mass is 16.3. The molecule has 0 saturated carbocycles. The SMILES string of the molecule is Cn1ncc2c1CCC[C@@H]2NC(=O)c1cc2c(cc1O)CCCC2. The fourth-order valence-electron chi connectivity index (χ4n) is 4.05. The summed E-state index contributed by atoms with van der Waals surface area (Å²) in [5.74, 6) is -0.0991. The Hall–Kier alpha value is -2.30. The van der Waals surface area contributed by atoms with E-state index >= 15 is 0 Å². The molecule has 1 amide bonds. The number of hydrogen-bond donors (Lipinski definition) is 2. The largest absolute Gasteiger partial charge is 0.507 e. The first-order valence-electron chi connectivity index (χ1n) is 8.80. The molecule has 0 aliphatic heterocycles. The Morgan fingerprint density at radius 1 is 1.21 bits per heavy atom. The Morgan fingerprint density at radius 2 is 1.96 bits per heavy atom. The molecular formula is C19H23N3O2. The smallest absolute Gasteiger partial charge is 0.255 e. The summed E-state index contributed by atoms with van der Waals surface area (Å²) in [5.41, 5.74) is 5.08. The second-order valence-electron chi connectivity index (χ2n) is 6.93. The molecular weight excluding hydrogens is 302 g/mol. The number of hydrogen-bond acceptors (Lipinski definition) is 3. The molecule has 2 aliphatic rings. The number of aromatic nitrogens is 2. The lowest BCUT2D eigenvalue weighted by atomic mass is 9.89. The molecule has 0 fully saturated rings. The van der Waals surface area contributed by atoms with Crippen LogP contribution >= 0.6 is 0 Å². The lowest BCUT2D eigenvalue weighted by Gasteiger charge is -2.24. The fraction of sp³-hybridized carbons (Fsp3) is 0.474. The normalized spacial score (nSPS) is 19.5. The third kappa shape index (κ3) is 2.58. The Labute approximate surface area is 141 Å². The van der Waals surface area contributed by atoms with E-state index in [4.69, 9.17) is 0 Å². The highest BCUT2D eigenvalue weighted by molar-refractivity contribution is 5.97. The van der Waals surface area contributed by atoms with Crippen LogP contribution < -0.4 is 5.32 Å². The van der Waals surface area contributed by atoms with Gasteiger partial charge in [0.15, 0.2) is 0 Å². The Bertz CT molecular complexity index is 794. The Morgan fingerprint density at radius 3 is 2.75 bits per heavy atom. The summed E-state index contributed by atoms with van der Waals surface area (Å²) in [5, 5.41) is 17.7. The molecule has 0 saturated heterocycles. The van der Waals surface area contributed by atoms with Crippen molar-refractivity contribution in [3.05, 3.63) is 46.3 Å². The molecule has 0 radical (unpaired) electrons. The number of fused-ring (bicyclic) bond motifs is 2. The van der Waals surface area contributed by atoms with Crippen LogP contribution in [0.1, 0.15) is 64.5 Å². The number of rotatable bonds is 2. The van der Waals surface area contributed by atoms with E-state index in [1.165, 1.54) is 16.8 Å². The summed E-state index contributed by atoms with van der Waals surface area (Å²) >= 11 is 0. The molecule has 126 valence electrons. The van der Waals surface area contributed by atoms with Crippen LogP contribution in [0.4, 0.5) is 0 Å². The summed E-state index contributed by atoms with van der Waals surface area (Å²) in [7, 11) is 1.94. The molecule has 2 aromatic rings. The molecule has 2 aliphatic carbocycles. The summed E-state index contributed by atoms with van der Waals surface area (Å²) in [6, 6.07) is 3.64. The molecule has 1 aromatic carbocycles. The molecule has 4 rings (SSSR count). The van der Waals surface area contributed by atoms with Crippen molar-refractivity contribution in [1.29, 1.82) is 0 Å². The summed E-state index contributed by atoms with van der Waals surface area (Å²) in [6.45, 7) is 0. The molecule has 0 bridgehead atoms. The average Bonchev–Trinajstić information content (AvgIpc) is 2.96. The van der Waals surface area contributed by atoms with Gasteiger partial charge < -0.3 is 10.4 Å². The maximum absolute atomic E-state index is 12.7. The van der Waals surface area contributed by atoms with Crippen LogP contribution in [0.25, 0.3) is 0 Å². The number of nitrogens with one attached hydrogen (secondary N) is 1. The number of phenolic OH excluding ortho intramolecular Hbond substituents is 1. The van der Waals surface area contributed by atoms with Crippen LogP contribution in [0, 0.1) is 0 Å². The van der Waals surface area contributed by atoms with Crippen molar-refractivity contribution < 1.29 is 9.90 Å². The number of aryl methyl sites for hydroxylation is 3. The van der Waals surface area contributed by atoms with Crippen molar-refractivity contribution in [1.82, 2.24) is 15.1 Å². The molecule has 2 N–H and O–H groups in total. The van der Waals surface area contributed by atoms with E-state index in [0.29, 0.717) is 5.56 Å². The van der Waals surface area contributed by atoms with E-state index in [2.05, 4.69) is 10.4 Å². The van der Waals surface area contributed by atoms with Gasteiger partial charge in [-0.05, 0) is 68.2 Å². The van der Waals surface area contributed by atoms with Crippen LogP contribution in [0.15, 0.2) is 18.3 Å². The van der Waals surface area contributed by atoms with Crippen LogP contribution in [0.3, 0.4) is 0 Å². The molecule has 1 atom stereocenters. The predicted molar refractivity (Wildman–Crippen MR) is 91.1 cm³/mol. The van der Waals surface area contributed by atoms with Crippen LogP contribution in [-0.4, -0.2) is 20.8 Å². The van der Waals surface area contributed by atoms with Gasteiger partial charge >= 0.3 is 0 Å². The van der Waals surface area contributed by atoms with Crippen molar-refractivity contribution in [3.8, 4) is 5.75 Å². The van der Waals surface area contributed by atoms with Gasteiger partial charge in [-0.1, -0.05) is 0 Å². The van der Waals surface area contributed by atoms with Crippen LogP contribution in [-0.2, 0) is 26.3 Å². The summed E-state index contributed by atoms with van der Waals surface area (Å²) < 4.78 is 1.89. The lowest BCUT2D eigenvalue weighted by molar-refractivity contribution is 0.0930. The zero-order chi connectivity index (χ0) is 16.7. The number of phenols is 1. The molecule has 1 heterocycles. The number of amides is 1. The molecule has 5 nitrogen and oxygen atoms in total. The van der Waals surface area contributed by atoms with Gasteiger partial charge in [0, 0.05) is 18.3 Å². The van der Waals surface area contributed by atoms with E-state index in [-0.39, 0.29) is 17.7 Å². The summed E-state index contributed by atoms with van der Waals surface area (Å²) in [4.78, 5) is 12.7. The van der Waals surface area contributed by atoms with E-state index in [1.54, 1.807) is 6.07 Å². The van der Waals surface area contributed by atoms with E-state index < -0.39 is 0 Å². The van der Waals surface area contributed by atoms with E-state index in [1.807, 2.05) is 24.0 Å². The van der Waals surface area contributed by atoms with Gasteiger partial charge in [0.2, 0.25) is 0 Å². The third-order valence-electron chi connectivity index (χ3n) is 5.39. The average molecular weight is 325 g/mol. The third-order valence-corrected chi connectivity index (χ3v) is 5.39. The van der Waals surface area contributed by atoms with Gasteiger partial charge in [-0.15, -0.1) is 0 Å². The minimum absolute atomic E-state index is 0.0228. The van der Waals surface area contributed by atoms with E-state index in [0.717, 1.165) is 50.5 Å². The second kappa shape index (κ2) is 5.96. The maximum atomic E-state index is 12.7. The molecule has 0 unspecified atom stereocenters. The molecule has 24 heavy (non-hydrogen) atoms. The highest BCUT2D eigenvalue weighted by Gasteiger charge is 2.26. The zero-order valence-electron chi connectivity index (χ0n) is 14.0. The van der Waals surface area contributed by atoms with Gasteiger partial charge in [0.1, 0.15) is 5.75 Å². The first-order valence-corrected chi connectivity index (χ1v) is 8.80. The van der Waals surface area contributed by atoms with Gasteiger partial charge in [-0.2, -0.15) is 5.10 Å². The van der Waals surface area contributed by atoms with Gasteiger partial charge in [-0.25, -0.2) is 0 Å². The van der Waals surface area contributed by atoms with Gasteiger partial charge in [0.05, 0.1) is 17.8 Å². The van der Waals surface area contributed by atoms with E-state index in [9.17, 15) is 9.90 Å². The minimum Gasteiger partial charge on any atom is -0.507 e. The van der Waals surface area contributed by atoms with Crippen molar-refractivity contribution in [2.45, 2.75) is 51.0 Å². The summed E-state index contributed by atoms with van der Waals surface area (Å²) in [6.07, 6.45) is 9.10. The highest BCUT2D eigenvalue weighted by Crippen LogP contribution is 2.32. The van der Waals surface area contributed by atoms with Gasteiger partial charge in [-0.3, -0.25) is 9.48 Å². The van der Waals surface area contributed by atoms with Gasteiger partial charge in [0.25, 0.3) is 5.91 Å². The monoisotopic (exact) mass is 325 g/mol. The second-order valence-corrected chi connectivity index (χ2v) is 6.93. The quantitative estimate of drug-likeness (QED) is 0.892. The zero-order valence-corrected chi connectivity index (χ0v) is 14.0. The van der Waals surface area contributed by atoms with Crippen molar-refractivity contribution in [2.24, 2.45) is 7.05 Å². The first kappa shape index (κ1) is 15.2. The Kier molecular flexibility index (Phi) is 3.79. The standard InChI is InChI=1S/C19H23N3O2/c1-22-17-8-4-7-16(15(17)11-20-22)21-19(24)14-9-12-5-2-3-6-13(12)10-18(14)23/h9-11,16,23H,2-8H2,1H3,(H,21,24)/t16-/m0/s1. The predicted octanol–water partition coefficient (Wildman–Crippen LogP) is 2.81. The number of aromatic hydroxyl groups is 1. The lowest BCUT2D eigenvalue weighted by Crippen LogP contribution is -2.31. The number of nitrogens with zero attached hydrogens (tertiary/aromatic N) is 2. The van der Waals surface area contributed by atoms with Crippen LogP contribution in [0.2, 0.25) is 0 Å². The molecule has 5 heteroatoms. The number of benzene rings is 1. The van der Waals surface area contributed by atoms with Crippen molar-refractivity contribution >= 4 is 5.91 Å². The van der Waals surface area contributed by atoms with Crippen molar-refractivity contribution in [2.75, 3.05) is 0 Å². The topological polar surface area (TPSA) is 67.2 Å². The fourth-order valence-corrected chi connectivity index (χ4v) is 4.05. The number of carbonyl (C=O) groups is 1. The van der Waals surface area contributed by atoms with Crippen molar-refractivity contribution in [3.63, 3.8) is 0 Å². The molecule has 0 spiro atoms. The van der Waals surface area contributed by atoms with Crippen LogP contribution in [0.5, 0.6) is 5.75 Å². The minimum atomic E-state index is -0.192. The number of carbonyl (C=O) groups excluding carboxylic acids is 1. The Balaban J connectivity index is 1.59.